The second-order valence-corrected chi connectivity index (χ2v) is 5.08. The van der Waals surface area contributed by atoms with Gasteiger partial charge in [0.25, 0.3) is 0 Å². The van der Waals surface area contributed by atoms with Gasteiger partial charge in [-0.2, -0.15) is 0 Å². The average molecular weight is 341 g/mol. The van der Waals surface area contributed by atoms with Crippen LogP contribution in [0.1, 0.15) is 18.9 Å². The van der Waals surface area contributed by atoms with Crippen LogP contribution in [-0.2, 0) is 11.2 Å². The molecule has 0 saturated heterocycles. The fourth-order valence-corrected chi connectivity index (χ4v) is 2.09. The van der Waals surface area contributed by atoms with Gasteiger partial charge in [0.1, 0.15) is 6.04 Å². The van der Waals surface area contributed by atoms with E-state index in [0.29, 0.717) is 5.69 Å². The minimum atomic E-state index is -1.09. The molecule has 1 aromatic carbocycles. The second-order valence-electron chi connectivity index (χ2n) is 4.17. The molecule has 1 rings (SSSR count). The highest BCUT2D eigenvalue weighted by atomic mass is 79.9. The van der Waals surface area contributed by atoms with E-state index in [1.165, 1.54) is 6.08 Å². The number of rotatable bonds is 6. The van der Waals surface area contributed by atoms with Crippen molar-refractivity contribution in [2.45, 2.75) is 25.8 Å². The molecule has 0 bridgehead atoms. The van der Waals surface area contributed by atoms with Crippen LogP contribution in [0.3, 0.4) is 0 Å². The molecule has 0 aliphatic carbocycles. The molecular weight excluding hydrogens is 324 g/mol. The fourth-order valence-electron chi connectivity index (χ4n) is 1.68. The maximum atomic E-state index is 11.8. The summed E-state index contributed by atoms with van der Waals surface area (Å²) in [5, 5.41) is 14.0. The van der Waals surface area contributed by atoms with Gasteiger partial charge in [0, 0.05) is 10.2 Å². The molecule has 5 nitrogen and oxygen atoms in total. The van der Waals surface area contributed by atoms with Crippen LogP contribution < -0.4 is 10.6 Å². The summed E-state index contributed by atoms with van der Waals surface area (Å²) in [6.07, 6.45) is 2.38. The first-order valence-corrected chi connectivity index (χ1v) is 6.96. The molecule has 0 aromatic heterocycles. The van der Waals surface area contributed by atoms with E-state index in [1.54, 1.807) is 6.07 Å². The predicted octanol–water partition coefficient (Wildman–Crippen LogP) is 3.16. The number of hydrogen-bond donors (Lipinski definition) is 3. The molecule has 0 heterocycles. The highest BCUT2D eigenvalue weighted by molar-refractivity contribution is 9.10. The fraction of sp³-hybridized carbons (Fsp3) is 0.286. The van der Waals surface area contributed by atoms with E-state index in [2.05, 4.69) is 33.1 Å². The largest absolute Gasteiger partial charge is 0.480 e. The molecule has 0 spiro atoms. The third-order valence-electron chi connectivity index (χ3n) is 2.70. The van der Waals surface area contributed by atoms with Crippen molar-refractivity contribution in [1.82, 2.24) is 5.32 Å². The Labute approximate surface area is 126 Å². The Hall–Kier alpha value is -1.82. The zero-order chi connectivity index (χ0) is 15.1. The summed E-state index contributed by atoms with van der Waals surface area (Å²) in [4.78, 5) is 22.8. The molecule has 0 aliphatic heterocycles. The summed E-state index contributed by atoms with van der Waals surface area (Å²) >= 11 is 3.37. The van der Waals surface area contributed by atoms with E-state index < -0.39 is 18.0 Å². The van der Waals surface area contributed by atoms with Crippen LogP contribution in [0.4, 0.5) is 10.5 Å². The number of amides is 2. The second kappa shape index (κ2) is 7.69. The van der Waals surface area contributed by atoms with Gasteiger partial charge in [0.15, 0.2) is 0 Å². The quantitative estimate of drug-likeness (QED) is 0.696. The van der Waals surface area contributed by atoms with Crippen molar-refractivity contribution in [2.75, 3.05) is 5.32 Å². The molecule has 3 N–H and O–H groups in total. The molecule has 108 valence electrons. The Morgan fingerprint density at radius 3 is 2.75 bits per heavy atom. The molecule has 0 radical (unpaired) electrons. The van der Waals surface area contributed by atoms with Crippen molar-refractivity contribution in [3.8, 4) is 0 Å². The number of nitrogens with one attached hydrogen (secondary N) is 2. The molecule has 1 atom stereocenters. The van der Waals surface area contributed by atoms with Crippen LogP contribution in [0.15, 0.2) is 35.3 Å². The number of aliphatic carboxylic acids is 1. The number of carboxylic acids is 1. The number of anilines is 1. The van der Waals surface area contributed by atoms with Crippen LogP contribution in [-0.4, -0.2) is 23.1 Å². The van der Waals surface area contributed by atoms with E-state index >= 15 is 0 Å². The van der Waals surface area contributed by atoms with Crippen molar-refractivity contribution in [1.29, 1.82) is 0 Å². The van der Waals surface area contributed by atoms with Gasteiger partial charge < -0.3 is 15.7 Å². The van der Waals surface area contributed by atoms with Crippen molar-refractivity contribution in [2.24, 2.45) is 0 Å². The maximum Gasteiger partial charge on any atom is 0.326 e. The van der Waals surface area contributed by atoms with Gasteiger partial charge in [-0.25, -0.2) is 9.59 Å². The zero-order valence-electron chi connectivity index (χ0n) is 11.1. The first kappa shape index (κ1) is 16.2. The van der Waals surface area contributed by atoms with Crippen LogP contribution >= 0.6 is 15.9 Å². The summed E-state index contributed by atoms with van der Waals surface area (Å²) in [5.41, 5.74) is 1.63. The van der Waals surface area contributed by atoms with Gasteiger partial charge in [-0.3, -0.25) is 0 Å². The van der Waals surface area contributed by atoms with E-state index in [1.807, 2.05) is 19.1 Å². The molecule has 1 aromatic rings. The lowest BCUT2D eigenvalue weighted by Gasteiger charge is -2.15. The van der Waals surface area contributed by atoms with Gasteiger partial charge in [-0.15, -0.1) is 6.58 Å². The first-order chi connectivity index (χ1) is 9.47. The molecular formula is C14H17BrN2O3. The highest BCUT2D eigenvalue weighted by Crippen LogP contribution is 2.21. The molecule has 6 heteroatoms. The molecule has 20 heavy (non-hydrogen) atoms. The Balaban J connectivity index is 2.75. The molecule has 0 saturated carbocycles. The zero-order valence-corrected chi connectivity index (χ0v) is 12.7. The van der Waals surface area contributed by atoms with Crippen molar-refractivity contribution < 1.29 is 14.7 Å². The number of carbonyl (C=O) groups is 2. The van der Waals surface area contributed by atoms with Crippen molar-refractivity contribution >= 4 is 33.6 Å². The average Bonchev–Trinajstić information content (AvgIpc) is 2.40. The Morgan fingerprint density at radius 2 is 2.20 bits per heavy atom. The molecule has 0 fully saturated rings. The Kier molecular flexibility index (Phi) is 6.24. The molecule has 2 amide bonds. The van der Waals surface area contributed by atoms with E-state index in [9.17, 15) is 9.59 Å². The summed E-state index contributed by atoms with van der Waals surface area (Å²) in [5.74, 6) is -1.09. The summed E-state index contributed by atoms with van der Waals surface area (Å²) in [7, 11) is 0. The molecule has 1 unspecified atom stereocenters. The van der Waals surface area contributed by atoms with Crippen molar-refractivity contribution in [3.63, 3.8) is 0 Å². The van der Waals surface area contributed by atoms with Crippen LogP contribution in [0.25, 0.3) is 0 Å². The van der Waals surface area contributed by atoms with Gasteiger partial charge in [0.2, 0.25) is 0 Å². The lowest BCUT2D eigenvalue weighted by atomic mass is 10.1. The normalized spacial score (nSPS) is 11.5. The van der Waals surface area contributed by atoms with Crippen LogP contribution in [0.5, 0.6) is 0 Å². The van der Waals surface area contributed by atoms with Gasteiger partial charge in [0.05, 0.1) is 0 Å². The van der Waals surface area contributed by atoms with Crippen LogP contribution in [0, 0.1) is 0 Å². The molecule has 0 aliphatic rings. The number of carbonyl (C=O) groups excluding carboxylic acids is 1. The topological polar surface area (TPSA) is 78.4 Å². The standard InChI is InChI=1S/C14H17BrN2O3/c1-3-5-12(13(18)19)17-14(20)16-11-7-6-10(15)8-9(11)4-2/h3,6-8,12H,1,4-5H2,2H3,(H,18,19)(H2,16,17,20). The first-order valence-electron chi connectivity index (χ1n) is 6.17. The van der Waals surface area contributed by atoms with Gasteiger partial charge in [-0.05, 0) is 36.6 Å². The Morgan fingerprint density at radius 1 is 1.50 bits per heavy atom. The number of urea groups is 1. The number of carboxylic acid groups (broad SMARTS) is 1. The van der Waals surface area contributed by atoms with Crippen molar-refractivity contribution in [3.05, 3.63) is 40.9 Å². The lowest BCUT2D eigenvalue weighted by molar-refractivity contribution is -0.139. The van der Waals surface area contributed by atoms with E-state index in [4.69, 9.17) is 5.11 Å². The van der Waals surface area contributed by atoms with E-state index in [-0.39, 0.29) is 6.42 Å². The van der Waals surface area contributed by atoms with Crippen LogP contribution in [0.2, 0.25) is 0 Å². The monoisotopic (exact) mass is 340 g/mol. The number of hydrogen-bond acceptors (Lipinski definition) is 2. The predicted molar refractivity (Wildman–Crippen MR) is 81.9 cm³/mol. The maximum absolute atomic E-state index is 11.8. The minimum absolute atomic E-state index is 0.170. The number of aryl methyl sites for hydroxylation is 1. The van der Waals surface area contributed by atoms with Gasteiger partial charge in [-0.1, -0.05) is 28.9 Å². The lowest BCUT2D eigenvalue weighted by Crippen LogP contribution is -2.42. The summed E-state index contributed by atoms with van der Waals surface area (Å²) in [6.45, 7) is 5.45. The number of benzene rings is 1. The van der Waals surface area contributed by atoms with E-state index in [0.717, 1.165) is 16.5 Å². The SMILES string of the molecule is C=CCC(NC(=O)Nc1ccc(Br)cc1CC)C(=O)O. The third kappa shape index (κ3) is 4.70. The third-order valence-corrected chi connectivity index (χ3v) is 3.20. The highest BCUT2D eigenvalue weighted by Gasteiger charge is 2.18. The smallest absolute Gasteiger partial charge is 0.326 e. The number of halogens is 1. The summed E-state index contributed by atoms with van der Waals surface area (Å²) < 4.78 is 0.926. The Bertz CT molecular complexity index is 517. The minimum Gasteiger partial charge on any atom is -0.480 e. The van der Waals surface area contributed by atoms with Gasteiger partial charge >= 0.3 is 12.0 Å². The summed E-state index contributed by atoms with van der Waals surface area (Å²) in [6, 6.07) is 3.97.